The van der Waals surface area contributed by atoms with Crippen molar-refractivity contribution >= 4 is 12.0 Å². The number of nitrogens with zero attached hydrogens (tertiary/aromatic N) is 1. The van der Waals surface area contributed by atoms with E-state index >= 15 is 0 Å². The molecule has 1 aromatic rings. The maximum atomic E-state index is 13.8. The highest BCUT2D eigenvalue weighted by molar-refractivity contribution is 5.76. The van der Waals surface area contributed by atoms with Crippen LogP contribution in [0.1, 0.15) is 37.6 Å². The molecule has 0 aliphatic heterocycles. The number of rotatable bonds is 6. The topological polar surface area (TPSA) is 20.3 Å². The first-order chi connectivity index (χ1) is 8.12. The van der Waals surface area contributed by atoms with Gasteiger partial charge in [-0.25, -0.2) is 4.39 Å². The van der Waals surface area contributed by atoms with E-state index in [1.165, 1.54) is 6.07 Å². The molecule has 1 aromatic carbocycles. The van der Waals surface area contributed by atoms with Crippen LogP contribution < -0.4 is 4.90 Å². The van der Waals surface area contributed by atoms with Gasteiger partial charge in [-0.3, -0.25) is 4.79 Å². The molecule has 0 radical (unpaired) electrons. The maximum absolute atomic E-state index is 13.8. The standard InChI is InChI=1S/C14H20FNO/c1-4-11(3)9-16(5-2)14-7-6-12(10-17)8-13(14)15/h6-8,10-11H,4-5,9H2,1-3H3. The second-order valence-electron chi connectivity index (χ2n) is 4.38. The van der Waals surface area contributed by atoms with Crippen LogP contribution in [0, 0.1) is 11.7 Å². The summed E-state index contributed by atoms with van der Waals surface area (Å²) in [6.45, 7) is 7.90. The van der Waals surface area contributed by atoms with E-state index in [1.54, 1.807) is 12.1 Å². The lowest BCUT2D eigenvalue weighted by molar-refractivity contribution is 0.112. The van der Waals surface area contributed by atoms with Crippen molar-refractivity contribution in [1.29, 1.82) is 0 Å². The molecule has 1 unspecified atom stereocenters. The Morgan fingerprint density at radius 1 is 1.41 bits per heavy atom. The summed E-state index contributed by atoms with van der Waals surface area (Å²) in [4.78, 5) is 12.6. The Hall–Kier alpha value is -1.38. The molecule has 3 heteroatoms. The number of aldehydes is 1. The number of hydrogen-bond acceptors (Lipinski definition) is 2. The molecular formula is C14H20FNO. The van der Waals surface area contributed by atoms with E-state index in [0.29, 0.717) is 23.5 Å². The number of anilines is 1. The van der Waals surface area contributed by atoms with Crippen LogP contribution in [0.2, 0.25) is 0 Å². The fourth-order valence-corrected chi connectivity index (χ4v) is 1.76. The van der Waals surface area contributed by atoms with Crippen LogP contribution in [0.25, 0.3) is 0 Å². The lowest BCUT2D eigenvalue weighted by Gasteiger charge is -2.26. The van der Waals surface area contributed by atoms with Crippen molar-refractivity contribution in [2.75, 3.05) is 18.0 Å². The summed E-state index contributed by atoms with van der Waals surface area (Å²) in [5.74, 6) is 0.208. The van der Waals surface area contributed by atoms with Crippen molar-refractivity contribution in [2.45, 2.75) is 27.2 Å². The fraction of sp³-hybridized carbons (Fsp3) is 0.500. The molecule has 17 heavy (non-hydrogen) atoms. The second-order valence-corrected chi connectivity index (χ2v) is 4.38. The lowest BCUT2D eigenvalue weighted by atomic mass is 10.1. The molecule has 0 spiro atoms. The molecule has 0 aromatic heterocycles. The number of halogens is 1. The molecule has 0 heterocycles. The van der Waals surface area contributed by atoms with Crippen molar-refractivity contribution in [2.24, 2.45) is 5.92 Å². The van der Waals surface area contributed by atoms with Gasteiger partial charge in [0.2, 0.25) is 0 Å². The van der Waals surface area contributed by atoms with E-state index < -0.39 is 0 Å². The van der Waals surface area contributed by atoms with Crippen LogP contribution in [0.3, 0.4) is 0 Å². The molecule has 0 amide bonds. The first kappa shape index (κ1) is 13.7. The first-order valence-electron chi connectivity index (χ1n) is 6.12. The average molecular weight is 237 g/mol. The summed E-state index contributed by atoms with van der Waals surface area (Å²) < 4.78 is 13.8. The van der Waals surface area contributed by atoms with Gasteiger partial charge in [0, 0.05) is 18.7 Å². The van der Waals surface area contributed by atoms with E-state index in [0.717, 1.165) is 19.5 Å². The molecule has 1 atom stereocenters. The largest absolute Gasteiger partial charge is 0.369 e. The fourth-order valence-electron chi connectivity index (χ4n) is 1.76. The van der Waals surface area contributed by atoms with Crippen LogP contribution in [0.5, 0.6) is 0 Å². The minimum Gasteiger partial charge on any atom is -0.369 e. The summed E-state index contributed by atoms with van der Waals surface area (Å²) in [6.07, 6.45) is 1.74. The Labute approximate surface area is 102 Å². The third-order valence-corrected chi connectivity index (χ3v) is 3.06. The zero-order valence-electron chi connectivity index (χ0n) is 10.7. The zero-order valence-corrected chi connectivity index (χ0v) is 10.7. The lowest BCUT2D eigenvalue weighted by Crippen LogP contribution is -2.28. The summed E-state index contributed by atoms with van der Waals surface area (Å²) in [6, 6.07) is 4.64. The Morgan fingerprint density at radius 3 is 2.59 bits per heavy atom. The molecule has 1 rings (SSSR count). The van der Waals surface area contributed by atoms with Gasteiger partial charge >= 0.3 is 0 Å². The third kappa shape index (κ3) is 3.55. The van der Waals surface area contributed by atoms with Crippen LogP contribution in [-0.4, -0.2) is 19.4 Å². The van der Waals surface area contributed by atoms with E-state index in [4.69, 9.17) is 0 Å². The van der Waals surface area contributed by atoms with Crippen molar-refractivity contribution in [3.8, 4) is 0 Å². The quantitative estimate of drug-likeness (QED) is 0.706. The molecule has 0 N–H and O–H groups in total. The zero-order chi connectivity index (χ0) is 12.8. The van der Waals surface area contributed by atoms with Gasteiger partial charge in [0.25, 0.3) is 0 Å². The van der Waals surface area contributed by atoms with E-state index in [1.807, 2.05) is 11.8 Å². The van der Waals surface area contributed by atoms with E-state index in [2.05, 4.69) is 13.8 Å². The van der Waals surface area contributed by atoms with Crippen molar-refractivity contribution in [3.05, 3.63) is 29.6 Å². The van der Waals surface area contributed by atoms with Gasteiger partial charge in [-0.1, -0.05) is 20.3 Å². The number of hydrogen-bond donors (Lipinski definition) is 0. The maximum Gasteiger partial charge on any atom is 0.150 e. The summed E-state index contributed by atoms with van der Waals surface area (Å²) in [7, 11) is 0. The summed E-state index contributed by atoms with van der Waals surface area (Å²) >= 11 is 0. The van der Waals surface area contributed by atoms with Gasteiger partial charge in [-0.15, -0.1) is 0 Å². The van der Waals surface area contributed by atoms with Gasteiger partial charge < -0.3 is 4.90 Å². The first-order valence-corrected chi connectivity index (χ1v) is 6.12. The van der Waals surface area contributed by atoms with Crippen molar-refractivity contribution in [3.63, 3.8) is 0 Å². The van der Waals surface area contributed by atoms with Gasteiger partial charge in [-0.05, 0) is 31.0 Å². The van der Waals surface area contributed by atoms with Crippen LogP contribution >= 0.6 is 0 Å². The van der Waals surface area contributed by atoms with Crippen LogP contribution in [0.15, 0.2) is 18.2 Å². The highest BCUT2D eigenvalue weighted by Crippen LogP contribution is 2.21. The molecule has 0 fully saturated rings. The van der Waals surface area contributed by atoms with Gasteiger partial charge in [0.1, 0.15) is 12.1 Å². The Morgan fingerprint density at radius 2 is 2.12 bits per heavy atom. The highest BCUT2D eigenvalue weighted by Gasteiger charge is 2.12. The predicted molar refractivity (Wildman–Crippen MR) is 69.1 cm³/mol. The molecule has 0 bridgehead atoms. The molecule has 2 nitrogen and oxygen atoms in total. The molecule has 0 saturated carbocycles. The van der Waals surface area contributed by atoms with Crippen LogP contribution in [-0.2, 0) is 0 Å². The average Bonchev–Trinajstić information content (AvgIpc) is 2.35. The monoisotopic (exact) mass is 237 g/mol. The Bertz CT molecular complexity index is 378. The van der Waals surface area contributed by atoms with Crippen LogP contribution in [0.4, 0.5) is 10.1 Å². The number of benzene rings is 1. The Balaban J connectivity index is 2.91. The smallest absolute Gasteiger partial charge is 0.150 e. The molecule has 0 aliphatic carbocycles. The molecule has 0 aliphatic rings. The molecular weight excluding hydrogens is 217 g/mol. The summed E-state index contributed by atoms with van der Waals surface area (Å²) in [5.41, 5.74) is 0.962. The number of carbonyl (C=O) groups is 1. The van der Waals surface area contributed by atoms with E-state index in [9.17, 15) is 9.18 Å². The third-order valence-electron chi connectivity index (χ3n) is 3.06. The molecule has 94 valence electrons. The normalized spacial score (nSPS) is 12.2. The SMILES string of the molecule is CCC(C)CN(CC)c1ccc(C=O)cc1F. The van der Waals surface area contributed by atoms with Gasteiger partial charge in [0.15, 0.2) is 0 Å². The van der Waals surface area contributed by atoms with E-state index in [-0.39, 0.29) is 5.82 Å². The number of carbonyl (C=O) groups excluding carboxylic acids is 1. The highest BCUT2D eigenvalue weighted by atomic mass is 19.1. The minimum atomic E-state index is -0.320. The predicted octanol–water partition coefficient (Wildman–Crippen LogP) is 3.51. The minimum absolute atomic E-state index is 0.320. The van der Waals surface area contributed by atoms with Gasteiger partial charge in [-0.2, -0.15) is 0 Å². The second kappa shape index (κ2) is 6.38. The molecule has 0 saturated heterocycles. The van der Waals surface area contributed by atoms with Gasteiger partial charge in [0.05, 0.1) is 5.69 Å². The summed E-state index contributed by atoms with van der Waals surface area (Å²) in [5, 5.41) is 0. The van der Waals surface area contributed by atoms with Crippen molar-refractivity contribution in [1.82, 2.24) is 0 Å². The Kier molecular flexibility index (Phi) is 5.13. The van der Waals surface area contributed by atoms with Crippen molar-refractivity contribution < 1.29 is 9.18 Å².